The molecule has 0 aliphatic carbocycles. The highest BCUT2D eigenvalue weighted by molar-refractivity contribution is 7.93. The first-order chi connectivity index (χ1) is 10.4. The summed E-state index contributed by atoms with van der Waals surface area (Å²) in [6, 6.07) is 12.4. The van der Waals surface area contributed by atoms with Crippen LogP contribution in [-0.2, 0) is 14.8 Å². The van der Waals surface area contributed by atoms with Gasteiger partial charge in [-0.25, -0.2) is 13.2 Å². The Balaban J connectivity index is 2.55. The first-order valence-electron chi connectivity index (χ1n) is 6.30. The second-order valence-electron chi connectivity index (χ2n) is 4.41. The van der Waals surface area contributed by atoms with Gasteiger partial charge in [0.1, 0.15) is 4.90 Å². The fraction of sp³-hybridized carbons (Fsp3) is 0.133. The van der Waals surface area contributed by atoms with Crippen molar-refractivity contribution < 1.29 is 17.9 Å². The Morgan fingerprint density at radius 2 is 1.68 bits per heavy atom. The average Bonchev–Trinajstić information content (AvgIpc) is 2.53. The standard InChI is InChI=1S/C15H14ClNO4S/c1-17(13-9-5-3-7-11(13)15(18)21-2)22(19,20)14-10-6-4-8-12(14)16/h3-10H,1-2H3. The van der Waals surface area contributed by atoms with Crippen LogP contribution in [-0.4, -0.2) is 28.5 Å². The van der Waals surface area contributed by atoms with Crippen LogP contribution in [0.3, 0.4) is 0 Å². The Morgan fingerprint density at radius 1 is 1.09 bits per heavy atom. The summed E-state index contributed by atoms with van der Waals surface area (Å²) in [5.41, 5.74) is 0.373. The van der Waals surface area contributed by atoms with E-state index < -0.39 is 16.0 Å². The molecule has 7 heteroatoms. The van der Waals surface area contributed by atoms with Crippen LogP contribution in [0.2, 0.25) is 5.02 Å². The zero-order valence-corrected chi connectivity index (χ0v) is 13.6. The Bertz CT molecular complexity index is 805. The molecule has 0 fully saturated rings. The van der Waals surface area contributed by atoms with Gasteiger partial charge in [-0.2, -0.15) is 0 Å². The number of carbonyl (C=O) groups is 1. The van der Waals surface area contributed by atoms with Crippen LogP contribution in [0, 0.1) is 0 Å². The van der Waals surface area contributed by atoms with Crippen LogP contribution < -0.4 is 4.31 Å². The summed E-state index contributed by atoms with van der Waals surface area (Å²) in [4.78, 5) is 11.8. The van der Waals surface area contributed by atoms with E-state index in [1.807, 2.05) is 0 Å². The van der Waals surface area contributed by atoms with Crippen molar-refractivity contribution in [3.8, 4) is 0 Å². The van der Waals surface area contributed by atoms with Crippen molar-refractivity contribution in [3.05, 3.63) is 59.1 Å². The molecule has 2 rings (SSSR count). The van der Waals surface area contributed by atoms with E-state index in [-0.39, 0.29) is 21.2 Å². The third-order valence-electron chi connectivity index (χ3n) is 3.12. The predicted molar refractivity (Wildman–Crippen MR) is 84.8 cm³/mol. The molecule has 2 aromatic rings. The monoisotopic (exact) mass is 339 g/mol. The third-order valence-corrected chi connectivity index (χ3v) is 5.39. The largest absolute Gasteiger partial charge is 0.465 e. The molecule has 0 aromatic heterocycles. The predicted octanol–water partition coefficient (Wildman–Crippen LogP) is 2.95. The Kier molecular flexibility index (Phi) is 4.73. The molecule has 2 aromatic carbocycles. The van der Waals surface area contributed by atoms with Gasteiger partial charge < -0.3 is 4.74 Å². The number of hydrogen-bond donors (Lipinski definition) is 0. The summed E-state index contributed by atoms with van der Waals surface area (Å²) in [5.74, 6) is -0.614. The number of anilines is 1. The lowest BCUT2D eigenvalue weighted by Crippen LogP contribution is -2.28. The fourth-order valence-electron chi connectivity index (χ4n) is 1.96. The molecule has 0 aliphatic rings. The number of hydrogen-bond acceptors (Lipinski definition) is 4. The molecule has 0 saturated carbocycles. The number of rotatable bonds is 4. The molecule has 0 radical (unpaired) electrons. The zero-order chi connectivity index (χ0) is 16.3. The van der Waals surface area contributed by atoms with Crippen LogP contribution in [0.5, 0.6) is 0 Å². The van der Waals surface area contributed by atoms with Crippen LogP contribution in [0.4, 0.5) is 5.69 Å². The van der Waals surface area contributed by atoms with Crippen LogP contribution in [0.25, 0.3) is 0 Å². The van der Waals surface area contributed by atoms with E-state index >= 15 is 0 Å². The normalized spacial score (nSPS) is 11.0. The molecule has 5 nitrogen and oxygen atoms in total. The highest BCUT2D eigenvalue weighted by atomic mass is 35.5. The summed E-state index contributed by atoms with van der Waals surface area (Å²) >= 11 is 5.97. The molecule has 22 heavy (non-hydrogen) atoms. The topological polar surface area (TPSA) is 63.7 Å². The molecule has 0 atom stereocenters. The number of nitrogens with zero attached hydrogens (tertiary/aromatic N) is 1. The lowest BCUT2D eigenvalue weighted by atomic mass is 10.2. The van der Waals surface area contributed by atoms with Gasteiger partial charge >= 0.3 is 5.97 Å². The fourth-order valence-corrected chi connectivity index (χ4v) is 3.67. The number of benzene rings is 2. The maximum absolute atomic E-state index is 12.7. The van der Waals surface area contributed by atoms with Crippen molar-refractivity contribution in [2.24, 2.45) is 0 Å². The van der Waals surface area contributed by atoms with Gasteiger partial charge in [0.2, 0.25) is 0 Å². The zero-order valence-electron chi connectivity index (χ0n) is 12.0. The average molecular weight is 340 g/mol. The minimum Gasteiger partial charge on any atom is -0.465 e. The molecule has 0 saturated heterocycles. The van der Waals surface area contributed by atoms with E-state index in [9.17, 15) is 13.2 Å². The Hall–Kier alpha value is -2.05. The molecular weight excluding hydrogens is 326 g/mol. The number of carbonyl (C=O) groups excluding carboxylic acids is 1. The van der Waals surface area contributed by atoms with E-state index in [0.717, 1.165) is 4.31 Å². The van der Waals surface area contributed by atoms with Gasteiger partial charge in [0, 0.05) is 7.05 Å². The molecule has 0 unspecified atom stereocenters. The van der Waals surface area contributed by atoms with E-state index in [1.54, 1.807) is 24.3 Å². The number of esters is 1. The van der Waals surface area contributed by atoms with Crippen LogP contribution in [0.1, 0.15) is 10.4 Å². The molecule has 0 aliphatic heterocycles. The van der Waals surface area contributed by atoms with Gasteiger partial charge in [-0.05, 0) is 24.3 Å². The van der Waals surface area contributed by atoms with Crippen molar-refractivity contribution in [2.75, 3.05) is 18.5 Å². The van der Waals surface area contributed by atoms with Gasteiger partial charge in [0.05, 0.1) is 23.4 Å². The molecule has 0 bridgehead atoms. The molecule has 0 N–H and O–H groups in total. The number of ether oxygens (including phenoxy) is 1. The van der Waals surface area contributed by atoms with E-state index in [4.69, 9.17) is 11.6 Å². The highest BCUT2D eigenvalue weighted by Gasteiger charge is 2.26. The molecular formula is C15H14ClNO4S. The van der Waals surface area contributed by atoms with Gasteiger partial charge in [-0.1, -0.05) is 35.9 Å². The number of para-hydroxylation sites is 1. The SMILES string of the molecule is COC(=O)c1ccccc1N(C)S(=O)(=O)c1ccccc1Cl. The maximum atomic E-state index is 12.7. The van der Waals surface area contributed by atoms with Crippen molar-refractivity contribution in [3.63, 3.8) is 0 Å². The first-order valence-corrected chi connectivity index (χ1v) is 8.12. The number of methoxy groups -OCH3 is 1. The molecule has 0 spiro atoms. The van der Waals surface area contributed by atoms with Crippen LogP contribution in [0.15, 0.2) is 53.4 Å². The summed E-state index contributed by atoms with van der Waals surface area (Å²) in [7, 11) is -1.29. The Morgan fingerprint density at radius 3 is 2.32 bits per heavy atom. The van der Waals surface area contributed by atoms with E-state index in [1.165, 1.54) is 38.4 Å². The quantitative estimate of drug-likeness (QED) is 0.803. The van der Waals surface area contributed by atoms with Gasteiger partial charge in [-0.3, -0.25) is 4.31 Å². The summed E-state index contributed by atoms with van der Waals surface area (Å²) in [6.07, 6.45) is 0. The summed E-state index contributed by atoms with van der Waals surface area (Å²) < 4.78 is 31.1. The van der Waals surface area contributed by atoms with Crippen molar-refractivity contribution >= 4 is 33.3 Å². The smallest absolute Gasteiger partial charge is 0.340 e. The van der Waals surface area contributed by atoms with Gasteiger partial charge in [0.25, 0.3) is 10.0 Å². The van der Waals surface area contributed by atoms with Crippen LogP contribution >= 0.6 is 11.6 Å². The summed E-state index contributed by atoms with van der Waals surface area (Å²) in [5, 5.41) is 0.116. The number of halogens is 1. The highest BCUT2D eigenvalue weighted by Crippen LogP contribution is 2.29. The van der Waals surface area contributed by atoms with Crippen molar-refractivity contribution in [1.82, 2.24) is 0 Å². The maximum Gasteiger partial charge on any atom is 0.340 e. The van der Waals surface area contributed by atoms with Gasteiger partial charge in [0.15, 0.2) is 0 Å². The Labute approximate surface area is 134 Å². The lowest BCUT2D eigenvalue weighted by molar-refractivity contribution is 0.0601. The number of sulfonamides is 1. The molecule has 116 valence electrons. The van der Waals surface area contributed by atoms with Crippen molar-refractivity contribution in [2.45, 2.75) is 4.90 Å². The lowest BCUT2D eigenvalue weighted by Gasteiger charge is -2.22. The third kappa shape index (κ3) is 2.93. The van der Waals surface area contributed by atoms with Crippen molar-refractivity contribution in [1.29, 1.82) is 0 Å². The molecule has 0 heterocycles. The minimum absolute atomic E-state index is 0.0289. The van der Waals surface area contributed by atoms with E-state index in [0.29, 0.717) is 0 Å². The second-order valence-corrected chi connectivity index (χ2v) is 6.76. The van der Waals surface area contributed by atoms with Gasteiger partial charge in [-0.15, -0.1) is 0 Å². The molecule has 0 amide bonds. The van der Waals surface area contributed by atoms with E-state index in [2.05, 4.69) is 4.74 Å². The summed E-state index contributed by atoms with van der Waals surface area (Å²) in [6.45, 7) is 0. The minimum atomic E-state index is -3.89. The second kappa shape index (κ2) is 6.37. The first kappa shape index (κ1) is 16.3.